The number of aromatic nitrogens is 3. The molecule has 1 aromatic carbocycles. The Morgan fingerprint density at radius 2 is 2.09 bits per heavy atom. The molecule has 0 fully saturated rings. The third-order valence-electron chi connectivity index (χ3n) is 3.27. The van der Waals surface area contributed by atoms with Crippen LogP contribution in [0.3, 0.4) is 0 Å². The van der Waals surface area contributed by atoms with E-state index in [0.29, 0.717) is 12.8 Å². The molecule has 118 valence electrons. The van der Waals surface area contributed by atoms with E-state index in [1.54, 1.807) is 11.8 Å². The van der Waals surface area contributed by atoms with Gasteiger partial charge in [0.15, 0.2) is 5.16 Å². The van der Waals surface area contributed by atoms with Crippen LogP contribution in [-0.2, 0) is 24.2 Å². The van der Waals surface area contributed by atoms with Crippen LogP contribution in [0.25, 0.3) is 0 Å². The third-order valence-corrected chi connectivity index (χ3v) is 4.60. The van der Waals surface area contributed by atoms with Crippen molar-refractivity contribution in [3.05, 3.63) is 40.7 Å². The Kier molecular flexibility index (Phi) is 6.27. The first kappa shape index (κ1) is 16.8. The van der Waals surface area contributed by atoms with E-state index in [-0.39, 0.29) is 5.91 Å². The van der Waals surface area contributed by atoms with Gasteiger partial charge in [-0.15, -0.1) is 10.2 Å². The lowest BCUT2D eigenvalue weighted by Gasteiger charge is -2.07. The minimum atomic E-state index is -0.321. The first-order chi connectivity index (χ1) is 10.6. The molecule has 7 heteroatoms. The molecular weight excluding hydrogens is 320 g/mol. The fourth-order valence-corrected chi connectivity index (χ4v) is 3.34. The van der Waals surface area contributed by atoms with Crippen LogP contribution in [0.1, 0.15) is 24.7 Å². The third kappa shape index (κ3) is 4.48. The van der Waals surface area contributed by atoms with Crippen molar-refractivity contribution < 1.29 is 4.79 Å². The Morgan fingerprint density at radius 1 is 1.32 bits per heavy atom. The fourth-order valence-electron chi connectivity index (χ4n) is 2.12. The molecule has 0 aliphatic heterocycles. The van der Waals surface area contributed by atoms with Crippen molar-refractivity contribution >= 4 is 29.3 Å². The summed E-state index contributed by atoms with van der Waals surface area (Å²) in [5, 5.41) is 10.0. The van der Waals surface area contributed by atoms with Gasteiger partial charge in [-0.1, -0.05) is 41.6 Å². The Labute approximate surface area is 139 Å². The first-order valence-electron chi connectivity index (χ1n) is 7.18. The standard InChI is InChI=1S/C15H19ClN4OS/c1-2-20-14(8-7-13(17)21)18-19-15(20)22-10-9-11-5-3-4-6-12(11)16/h3-6H,2,7-10H2,1H3,(H2,17,21). The molecular formula is C15H19ClN4OS. The normalized spacial score (nSPS) is 10.8. The molecule has 0 aliphatic rings. The molecule has 0 spiro atoms. The molecule has 0 radical (unpaired) electrons. The molecule has 1 heterocycles. The Bertz CT molecular complexity index is 644. The highest BCUT2D eigenvalue weighted by atomic mass is 35.5. The van der Waals surface area contributed by atoms with E-state index in [4.69, 9.17) is 17.3 Å². The number of nitrogens with two attached hydrogens (primary N) is 1. The molecule has 0 bridgehead atoms. The number of hydrogen-bond donors (Lipinski definition) is 1. The number of carbonyl (C=O) groups excluding carboxylic acids is 1. The van der Waals surface area contributed by atoms with Crippen LogP contribution in [0, 0.1) is 0 Å². The van der Waals surface area contributed by atoms with Crippen LogP contribution in [0.4, 0.5) is 0 Å². The van der Waals surface area contributed by atoms with Crippen molar-refractivity contribution in [2.24, 2.45) is 5.73 Å². The number of primary amides is 1. The van der Waals surface area contributed by atoms with E-state index in [1.807, 2.05) is 35.8 Å². The number of carbonyl (C=O) groups is 1. The summed E-state index contributed by atoms with van der Waals surface area (Å²) in [7, 11) is 0. The predicted molar refractivity (Wildman–Crippen MR) is 89.1 cm³/mol. The Hall–Kier alpha value is -1.53. The van der Waals surface area contributed by atoms with Crippen molar-refractivity contribution in [2.45, 2.75) is 37.9 Å². The summed E-state index contributed by atoms with van der Waals surface area (Å²) >= 11 is 7.80. The summed E-state index contributed by atoms with van der Waals surface area (Å²) in [5.74, 6) is 1.36. The number of rotatable bonds is 8. The van der Waals surface area contributed by atoms with E-state index in [9.17, 15) is 4.79 Å². The zero-order valence-corrected chi connectivity index (χ0v) is 14.0. The topological polar surface area (TPSA) is 73.8 Å². The van der Waals surface area contributed by atoms with Crippen molar-refractivity contribution in [1.82, 2.24) is 14.8 Å². The van der Waals surface area contributed by atoms with Gasteiger partial charge >= 0.3 is 0 Å². The molecule has 0 unspecified atom stereocenters. The lowest BCUT2D eigenvalue weighted by molar-refractivity contribution is -0.118. The van der Waals surface area contributed by atoms with Crippen LogP contribution in [0.2, 0.25) is 5.02 Å². The average molecular weight is 339 g/mol. The van der Waals surface area contributed by atoms with Crippen LogP contribution < -0.4 is 5.73 Å². The van der Waals surface area contributed by atoms with Gasteiger partial charge in [0.2, 0.25) is 5.91 Å². The summed E-state index contributed by atoms with van der Waals surface area (Å²) in [5.41, 5.74) is 6.32. The zero-order valence-electron chi connectivity index (χ0n) is 12.5. The molecule has 5 nitrogen and oxygen atoms in total. The Balaban J connectivity index is 1.95. The predicted octanol–water partition coefficient (Wildman–Crippen LogP) is 2.70. The van der Waals surface area contributed by atoms with Gasteiger partial charge in [0.05, 0.1) is 0 Å². The highest BCUT2D eigenvalue weighted by molar-refractivity contribution is 7.99. The zero-order chi connectivity index (χ0) is 15.9. The summed E-state index contributed by atoms with van der Waals surface area (Å²) in [4.78, 5) is 10.9. The smallest absolute Gasteiger partial charge is 0.217 e. The summed E-state index contributed by atoms with van der Waals surface area (Å²) in [6.07, 6.45) is 1.70. The van der Waals surface area contributed by atoms with Gasteiger partial charge in [0.1, 0.15) is 5.82 Å². The van der Waals surface area contributed by atoms with Crippen molar-refractivity contribution in [1.29, 1.82) is 0 Å². The van der Waals surface area contributed by atoms with Crippen molar-refractivity contribution in [2.75, 3.05) is 5.75 Å². The molecule has 2 aromatic rings. The number of benzene rings is 1. The lowest BCUT2D eigenvalue weighted by atomic mass is 10.2. The minimum absolute atomic E-state index is 0.294. The highest BCUT2D eigenvalue weighted by Crippen LogP contribution is 2.22. The number of hydrogen-bond acceptors (Lipinski definition) is 4. The van der Waals surface area contributed by atoms with Crippen LogP contribution in [-0.4, -0.2) is 26.4 Å². The SMILES string of the molecule is CCn1c(CCC(N)=O)nnc1SCCc1ccccc1Cl. The van der Waals surface area contributed by atoms with E-state index in [2.05, 4.69) is 10.2 Å². The largest absolute Gasteiger partial charge is 0.370 e. The first-order valence-corrected chi connectivity index (χ1v) is 8.54. The van der Waals surface area contributed by atoms with Crippen molar-refractivity contribution in [3.8, 4) is 0 Å². The summed E-state index contributed by atoms with van der Waals surface area (Å²) in [6.45, 7) is 2.81. The van der Waals surface area contributed by atoms with E-state index >= 15 is 0 Å². The quantitative estimate of drug-likeness (QED) is 0.751. The Morgan fingerprint density at radius 3 is 2.77 bits per heavy atom. The molecule has 2 N–H and O–H groups in total. The summed E-state index contributed by atoms with van der Waals surface area (Å²) < 4.78 is 2.03. The number of thioether (sulfide) groups is 1. The maximum atomic E-state index is 10.9. The van der Waals surface area contributed by atoms with Gasteiger partial charge in [0, 0.05) is 30.2 Å². The maximum Gasteiger partial charge on any atom is 0.217 e. The molecule has 22 heavy (non-hydrogen) atoms. The van der Waals surface area contributed by atoms with Crippen LogP contribution in [0.5, 0.6) is 0 Å². The number of amides is 1. The van der Waals surface area contributed by atoms with Gasteiger partial charge in [-0.25, -0.2) is 0 Å². The average Bonchev–Trinajstić information content (AvgIpc) is 2.89. The molecule has 0 saturated carbocycles. The number of halogens is 1. The number of aryl methyl sites for hydroxylation is 2. The number of nitrogens with zero attached hydrogens (tertiary/aromatic N) is 3. The molecule has 1 aromatic heterocycles. The van der Waals surface area contributed by atoms with Crippen LogP contribution >= 0.6 is 23.4 Å². The van der Waals surface area contributed by atoms with Gasteiger partial charge in [-0.05, 0) is 25.0 Å². The maximum absolute atomic E-state index is 10.9. The molecule has 2 rings (SSSR count). The van der Waals surface area contributed by atoms with Gasteiger partial charge in [0.25, 0.3) is 0 Å². The van der Waals surface area contributed by atoms with Crippen molar-refractivity contribution in [3.63, 3.8) is 0 Å². The highest BCUT2D eigenvalue weighted by Gasteiger charge is 2.12. The molecule has 0 atom stereocenters. The van der Waals surface area contributed by atoms with Crippen LogP contribution in [0.15, 0.2) is 29.4 Å². The fraction of sp³-hybridized carbons (Fsp3) is 0.400. The lowest BCUT2D eigenvalue weighted by Crippen LogP contribution is -2.13. The molecule has 1 amide bonds. The van der Waals surface area contributed by atoms with E-state index in [1.165, 1.54) is 0 Å². The minimum Gasteiger partial charge on any atom is -0.370 e. The molecule has 0 saturated heterocycles. The second-order valence-electron chi connectivity index (χ2n) is 4.80. The van der Waals surface area contributed by atoms with E-state index in [0.717, 1.165) is 40.3 Å². The van der Waals surface area contributed by atoms with Gasteiger partial charge in [-0.2, -0.15) is 0 Å². The summed E-state index contributed by atoms with van der Waals surface area (Å²) in [6, 6.07) is 7.85. The van der Waals surface area contributed by atoms with Gasteiger partial charge < -0.3 is 10.3 Å². The second kappa shape index (κ2) is 8.19. The van der Waals surface area contributed by atoms with Gasteiger partial charge in [-0.3, -0.25) is 4.79 Å². The second-order valence-corrected chi connectivity index (χ2v) is 6.27. The van der Waals surface area contributed by atoms with E-state index < -0.39 is 0 Å². The monoisotopic (exact) mass is 338 g/mol. The molecule has 0 aliphatic carbocycles.